The van der Waals surface area contributed by atoms with Crippen LogP contribution in [0.2, 0.25) is 5.02 Å². The molecule has 0 amide bonds. The summed E-state index contributed by atoms with van der Waals surface area (Å²) in [7, 11) is 0. The van der Waals surface area contributed by atoms with Gasteiger partial charge in [0.05, 0.1) is 16.1 Å². The van der Waals surface area contributed by atoms with Crippen molar-refractivity contribution < 1.29 is 31.4 Å². The van der Waals surface area contributed by atoms with E-state index in [1.807, 2.05) is 0 Å². The third kappa shape index (κ3) is 2.34. The van der Waals surface area contributed by atoms with Crippen LogP contribution in [0.3, 0.4) is 0 Å². The van der Waals surface area contributed by atoms with Gasteiger partial charge in [0.25, 0.3) is 0 Å². The number of hydrogen-bond donors (Lipinski definition) is 1. The van der Waals surface area contributed by atoms with Gasteiger partial charge in [0.15, 0.2) is 0 Å². The van der Waals surface area contributed by atoms with Gasteiger partial charge < -0.3 is 5.11 Å². The van der Waals surface area contributed by atoms with E-state index >= 15 is 0 Å². The molecule has 0 aliphatic rings. The first-order chi connectivity index (χ1) is 7.05. The summed E-state index contributed by atoms with van der Waals surface area (Å²) in [5.41, 5.74) is -4.01. The van der Waals surface area contributed by atoms with Crippen molar-refractivity contribution >= 4 is 11.6 Å². The van der Waals surface area contributed by atoms with Crippen LogP contribution in [0.25, 0.3) is 0 Å². The van der Waals surface area contributed by atoms with Gasteiger partial charge in [0.1, 0.15) is 5.75 Å². The molecule has 8 heteroatoms. The van der Waals surface area contributed by atoms with Crippen molar-refractivity contribution in [1.82, 2.24) is 0 Å². The maximum Gasteiger partial charge on any atom is 0.418 e. The summed E-state index contributed by atoms with van der Waals surface area (Å²) in [5, 5.41) is 7.50. The second-order valence-corrected chi connectivity index (χ2v) is 3.19. The number of phenols is 1. The van der Waals surface area contributed by atoms with Crippen molar-refractivity contribution in [1.29, 1.82) is 0 Å². The summed E-state index contributed by atoms with van der Waals surface area (Å²) in [4.78, 5) is 0. The summed E-state index contributed by atoms with van der Waals surface area (Å²) < 4.78 is 73.7. The maximum atomic E-state index is 12.3. The predicted octanol–water partition coefficient (Wildman–Crippen LogP) is 4.08. The number of rotatable bonds is 0. The van der Waals surface area contributed by atoms with Crippen LogP contribution in [-0.4, -0.2) is 5.11 Å². The Morgan fingerprint density at radius 3 is 1.81 bits per heavy atom. The Morgan fingerprint density at radius 2 is 1.44 bits per heavy atom. The molecular weight excluding hydrogens is 262 g/mol. The van der Waals surface area contributed by atoms with Crippen LogP contribution in [0, 0.1) is 0 Å². The molecule has 0 bridgehead atoms. The summed E-state index contributed by atoms with van der Waals surface area (Å²) in [6.07, 6.45) is -10.5. The first-order valence-corrected chi connectivity index (χ1v) is 4.09. The minimum atomic E-state index is -5.29. The van der Waals surface area contributed by atoms with E-state index in [1.54, 1.807) is 0 Å². The minimum absolute atomic E-state index is 0.129. The molecule has 0 aromatic heterocycles. The van der Waals surface area contributed by atoms with Gasteiger partial charge in [-0.3, -0.25) is 0 Å². The van der Waals surface area contributed by atoms with Gasteiger partial charge in [0.2, 0.25) is 0 Å². The van der Waals surface area contributed by atoms with Gasteiger partial charge >= 0.3 is 12.4 Å². The van der Waals surface area contributed by atoms with Gasteiger partial charge in [-0.2, -0.15) is 26.3 Å². The third-order valence-electron chi connectivity index (χ3n) is 1.71. The van der Waals surface area contributed by atoms with Crippen molar-refractivity contribution in [3.8, 4) is 5.75 Å². The first kappa shape index (κ1) is 13.0. The number of halogens is 7. The highest BCUT2D eigenvalue weighted by molar-refractivity contribution is 6.33. The molecule has 0 unspecified atom stereocenters. The van der Waals surface area contributed by atoms with E-state index < -0.39 is 34.3 Å². The summed E-state index contributed by atoms with van der Waals surface area (Å²) >= 11 is 5.02. The quantitative estimate of drug-likeness (QED) is 0.700. The Balaban J connectivity index is 3.59. The number of phenolic OH excluding ortho intramolecular Hbond substituents is 1. The highest BCUT2D eigenvalue weighted by Gasteiger charge is 2.45. The average Bonchev–Trinajstić information content (AvgIpc) is 2.05. The molecule has 0 heterocycles. The standard InChI is InChI=1S/C8H3ClF6O/c9-6-4(16)2-1-3(7(10,11)12)5(6)8(13,14)15/h1-2,16H. The Morgan fingerprint density at radius 1 is 0.938 bits per heavy atom. The zero-order valence-corrected chi connectivity index (χ0v) is 8.00. The molecule has 0 radical (unpaired) electrons. The van der Waals surface area contributed by atoms with Crippen molar-refractivity contribution in [2.75, 3.05) is 0 Å². The van der Waals surface area contributed by atoms with E-state index in [4.69, 9.17) is 16.7 Å². The second kappa shape index (κ2) is 3.73. The van der Waals surface area contributed by atoms with Crippen molar-refractivity contribution in [2.24, 2.45) is 0 Å². The largest absolute Gasteiger partial charge is 0.506 e. The number of benzene rings is 1. The van der Waals surface area contributed by atoms with Crippen LogP contribution in [0.5, 0.6) is 5.75 Å². The zero-order valence-electron chi connectivity index (χ0n) is 7.25. The van der Waals surface area contributed by atoms with Crippen LogP contribution in [-0.2, 0) is 12.4 Å². The smallest absolute Gasteiger partial charge is 0.418 e. The fraction of sp³-hybridized carbons (Fsp3) is 0.250. The molecule has 0 saturated carbocycles. The molecule has 0 aliphatic carbocycles. The molecule has 1 rings (SSSR count). The SMILES string of the molecule is Oc1ccc(C(F)(F)F)c(C(F)(F)F)c1Cl. The molecule has 90 valence electrons. The van der Waals surface area contributed by atoms with Gasteiger partial charge in [-0.25, -0.2) is 0 Å². The molecule has 0 spiro atoms. The fourth-order valence-electron chi connectivity index (χ4n) is 1.08. The van der Waals surface area contributed by atoms with E-state index in [1.165, 1.54) is 0 Å². The minimum Gasteiger partial charge on any atom is -0.506 e. The topological polar surface area (TPSA) is 20.2 Å². The lowest BCUT2D eigenvalue weighted by atomic mass is 10.1. The number of alkyl halides is 6. The van der Waals surface area contributed by atoms with Crippen LogP contribution in [0.1, 0.15) is 11.1 Å². The van der Waals surface area contributed by atoms with E-state index in [2.05, 4.69) is 0 Å². The highest BCUT2D eigenvalue weighted by atomic mass is 35.5. The van der Waals surface area contributed by atoms with Gasteiger partial charge in [-0.15, -0.1) is 0 Å². The molecule has 1 aromatic carbocycles. The molecule has 0 saturated heterocycles. The summed E-state index contributed by atoms with van der Waals surface area (Å²) in [6, 6.07) is 0.588. The highest BCUT2D eigenvalue weighted by Crippen LogP contribution is 2.46. The van der Waals surface area contributed by atoms with Crippen LogP contribution in [0.15, 0.2) is 12.1 Å². The van der Waals surface area contributed by atoms with Crippen LogP contribution >= 0.6 is 11.6 Å². The second-order valence-electron chi connectivity index (χ2n) is 2.82. The van der Waals surface area contributed by atoms with E-state index in [0.29, 0.717) is 6.07 Å². The predicted molar refractivity (Wildman–Crippen MR) is 43.1 cm³/mol. The molecule has 1 nitrogen and oxygen atoms in total. The third-order valence-corrected chi connectivity index (χ3v) is 2.09. The number of aromatic hydroxyl groups is 1. The lowest BCUT2D eigenvalue weighted by molar-refractivity contribution is -0.162. The first-order valence-electron chi connectivity index (χ1n) is 3.71. The van der Waals surface area contributed by atoms with Gasteiger partial charge in [-0.05, 0) is 12.1 Å². The average molecular weight is 265 g/mol. The van der Waals surface area contributed by atoms with Crippen molar-refractivity contribution in [3.63, 3.8) is 0 Å². The van der Waals surface area contributed by atoms with Crippen LogP contribution < -0.4 is 0 Å². The molecule has 0 aliphatic heterocycles. The van der Waals surface area contributed by atoms with Crippen molar-refractivity contribution in [3.05, 3.63) is 28.3 Å². The Hall–Kier alpha value is -1.11. The molecule has 0 atom stereocenters. The molecule has 16 heavy (non-hydrogen) atoms. The molecule has 0 fully saturated rings. The summed E-state index contributed by atoms with van der Waals surface area (Å²) in [5.74, 6) is -1.05. The molecule has 1 aromatic rings. The zero-order chi connectivity index (χ0) is 12.7. The Bertz CT molecular complexity index is 408. The number of hydrogen-bond acceptors (Lipinski definition) is 1. The van der Waals surface area contributed by atoms with E-state index in [-0.39, 0.29) is 6.07 Å². The Kier molecular flexibility index (Phi) is 3.02. The monoisotopic (exact) mass is 264 g/mol. The van der Waals surface area contributed by atoms with Crippen molar-refractivity contribution in [2.45, 2.75) is 12.4 Å². The van der Waals surface area contributed by atoms with Gasteiger partial charge in [0, 0.05) is 0 Å². The lowest BCUT2D eigenvalue weighted by Gasteiger charge is -2.17. The van der Waals surface area contributed by atoms with E-state index in [0.717, 1.165) is 0 Å². The lowest BCUT2D eigenvalue weighted by Crippen LogP contribution is -2.17. The Labute approximate surface area is 90.3 Å². The van der Waals surface area contributed by atoms with Crippen LogP contribution in [0.4, 0.5) is 26.3 Å². The molecule has 1 N–H and O–H groups in total. The molecular formula is C8H3ClF6O. The normalized spacial score (nSPS) is 12.9. The summed E-state index contributed by atoms with van der Waals surface area (Å²) in [6.45, 7) is 0. The maximum absolute atomic E-state index is 12.3. The van der Waals surface area contributed by atoms with E-state index in [9.17, 15) is 26.3 Å². The van der Waals surface area contributed by atoms with Gasteiger partial charge in [-0.1, -0.05) is 11.6 Å². The fourth-order valence-corrected chi connectivity index (χ4v) is 1.35.